The molecule has 0 spiro atoms. The molecule has 1 atom stereocenters. The summed E-state index contributed by atoms with van der Waals surface area (Å²) >= 11 is 0. The van der Waals surface area contributed by atoms with Gasteiger partial charge in [0.15, 0.2) is 0 Å². The van der Waals surface area contributed by atoms with Gasteiger partial charge in [0.05, 0.1) is 0 Å². The van der Waals surface area contributed by atoms with Crippen LogP contribution in [0.1, 0.15) is 0 Å². The van der Waals surface area contributed by atoms with Gasteiger partial charge in [-0.05, 0) is 0 Å². The van der Waals surface area contributed by atoms with E-state index in [9.17, 15) is 5.21 Å². The lowest BCUT2D eigenvalue weighted by Crippen LogP contribution is -2.47. The molecule has 0 amide bonds. The van der Waals surface area contributed by atoms with Crippen molar-refractivity contribution in [1.29, 1.82) is 0 Å². The average Bonchev–Trinajstić information content (AvgIpc) is 1.35. The highest BCUT2D eigenvalue weighted by molar-refractivity contribution is 3.84. The van der Waals surface area contributed by atoms with Gasteiger partial charge in [0.2, 0.25) is 0 Å². The Morgan fingerprint density at radius 3 is 2.00 bits per heavy atom. The maximum Gasteiger partial charge on any atom is 0.0247 e. The van der Waals surface area contributed by atoms with Crippen molar-refractivity contribution in [3.05, 3.63) is 5.21 Å². The molecule has 0 aromatic carbocycles. The number of rotatable bonds is 1. The van der Waals surface area contributed by atoms with Gasteiger partial charge in [-0.15, -0.1) is 5.84 Å². The zero-order valence-corrected chi connectivity index (χ0v) is 2.87. The van der Waals surface area contributed by atoms with Crippen LogP contribution in [-0.2, 0) is 4.94 Å². The van der Waals surface area contributed by atoms with Crippen molar-refractivity contribution in [3.63, 3.8) is 0 Å². The van der Waals surface area contributed by atoms with Crippen LogP contribution in [0.4, 0.5) is 0 Å². The molecule has 5 N–H and O–H groups in total. The van der Waals surface area contributed by atoms with Crippen LogP contribution < -0.4 is 11.7 Å². The lowest BCUT2D eigenvalue weighted by Gasteiger charge is -2.18. The van der Waals surface area contributed by atoms with Crippen molar-refractivity contribution in [1.82, 2.24) is 0 Å². The molecular formula is H5N3O3. The summed E-state index contributed by atoms with van der Waals surface area (Å²) in [5.74, 6) is 8.22. The minimum Gasteiger partial charge on any atom is -0.542 e. The molecule has 0 heterocycles. The molecule has 38 valence electrons. The van der Waals surface area contributed by atoms with Crippen LogP contribution in [0.5, 0.6) is 0 Å². The molecule has 6 nitrogen and oxygen atoms in total. The number of nitrogens with two attached hydrogens (primary N) is 2. The standard InChI is InChI=1S/H5N3O3/c1-3(4,5)6-2/h4H,1-2H2. The molecule has 1 unspecified atom stereocenters. The quantitative estimate of drug-likeness (QED) is 0.206. The van der Waals surface area contributed by atoms with Gasteiger partial charge in [0.25, 0.3) is 0 Å². The van der Waals surface area contributed by atoms with Gasteiger partial charge in [-0.1, -0.05) is 4.94 Å². The van der Waals surface area contributed by atoms with E-state index >= 15 is 0 Å². The van der Waals surface area contributed by atoms with E-state index in [0.29, 0.717) is 0 Å². The van der Waals surface area contributed by atoms with Crippen LogP contribution in [0.2, 0.25) is 0 Å². The molecule has 0 aliphatic heterocycles. The molecule has 0 aromatic rings. The number of quaternary nitrogens is 1. The summed E-state index contributed by atoms with van der Waals surface area (Å²) in [7, 11) is 0. The molecule has 0 aromatic heterocycles. The van der Waals surface area contributed by atoms with Crippen LogP contribution >= 0.6 is 0 Å². The van der Waals surface area contributed by atoms with Gasteiger partial charge in [-0.3, -0.25) is 0 Å². The van der Waals surface area contributed by atoms with Gasteiger partial charge in [-0.25, -0.2) is 0 Å². The van der Waals surface area contributed by atoms with Gasteiger partial charge in [0, 0.05) is 5.08 Å². The van der Waals surface area contributed by atoms with Crippen LogP contribution in [0.15, 0.2) is 0 Å². The predicted molar refractivity (Wildman–Crippen MR) is 14.9 cm³/mol. The molecule has 0 aliphatic carbocycles. The minimum atomic E-state index is -2.40. The van der Waals surface area contributed by atoms with Crippen molar-refractivity contribution in [2.45, 2.75) is 0 Å². The SMILES string of the molecule is NO[N+](N)([O-])O. The van der Waals surface area contributed by atoms with E-state index in [1.807, 2.05) is 0 Å². The molecule has 0 radical (unpaired) electrons. The van der Waals surface area contributed by atoms with E-state index < -0.39 is 5.08 Å². The molecule has 0 fully saturated rings. The predicted octanol–water partition coefficient (Wildman–Crippen LogP) is -1.63. The van der Waals surface area contributed by atoms with Crippen LogP contribution in [0, 0.1) is 5.21 Å². The van der Waals surface area contributed by atoms with E-state index in [0.717, 1.165) is 0 Å². The summed E-state index contributed by atoms with van der Waals surface area (Å²) in [5.41, 5.74) is 0. The van der Waals surface area contributed by atoms with E-state index in [1.54, 1.807) is 0 Å². The Morgan fingerprint density at radius 1 is 1.83 bits per heavy atom. The first kappa shape index (κ1) is 5.76. The minimum absolute atomic E-state index is 2.40. The fourth-order valence-corrected chi connectivity index (χ4v) is 0. The molecule has 0 bridgehead atoms. The monoisotopic (exact) mass is 95.0 g/mol. The van der Waals surface area contributed by atoms with Crippen molar-refractivity contribution < 1.29 is 15.2 Å². The van der Waals surface area contributed by atoms with Crippen molar-refractivity contribution in [2.75, 3.05) is 0 Å². The molecule has 0 aliphatic rings. The highest BCUT2D eigenvalue weighted by Crippen LogP contribution is 1.77. The Bertz CT molecular complexity index is 35.8. The number of hydrogen-bond acceptors (Lipinski definition) is 5. The van der Waals surface area contributed by atoms with Gasteiger partial charge < -0.3 is 5.21 Å². The summed E-state index contributed by atoms with van der Waals surface area (Å²) in [6.45, 7) is 0. The van der Waals surface area contributed by atoms with Gasteiger partial charge >= 0.3 is 0 Å². The van der Waals surface area contributed by atoms with E-state index in [2.05, 4.69) is 16.7 Å². The second kappa shape index (κ2) is 1.47. The zero-order valence-electron chi connectivity index (χ0n) is 2.87. The largest absolute Gasteiger partial charge is 0.542 e. The Kier molecular flexibility index (Phi) is 1.41. The molecule has 6 heavy (non-hydrogen) atoms. The molecule has 6 heteroatoms. The highest BCUT2D eigenvalue weighted by Gasteiger charge is 1.99. The maximum absolute atomic E-state index is 9.40. The Morgan fingerprint density at radius 2 is 2.00 bits per heavy atom. The number of hydrogen-bond donors (Lipinski definition) is 3. The summed E-state index contributed by atoms with van der Waals surface area (Å²) in [6, 6.07) is 0. The van der Waals surface area contributed by atoms with Crippen LogP contribution in [0.3, 0.4) is 0 Å². The Balaban J connectivity index is 3.17. The smallest absolute Gasteiger partial charge is 0.0247 e. The molecule has 0 saturated carbocycles. The second-order valence-corrected chi connectivity index (χ2v) is 0.670. The first-order valence-electron chi connectivity index (χ1n) is 1.06. The van der Waals surface area contributed by atoms with E-state index in [1.165, 1.54) is 0 Å². The molecule has 0 rings (SSSR count). The van der Waals surface area contributed by atoms with Crippen LogP contribution in [-0.4, -0.2) is 10.3 Å². The fraction of sp³-hybridized carbons (Fsp3) is 0. The van der Waals surface area contributed by atoms with Crippen LogP contribution in [0.25, 0.3) is 0 Å². The van der Waals surface area contributed by atoms with E-state index in [4.69, 9.17) is 5.21 Å². The third kappa shape index (κ3) is 3.76. The fourth-order valence-electron chi connectivity index (χ4n) is 0. The average molecular weight is 95.1 g/mol. The summed E-state index contributed by atoms with van der Waals surface area (Å²) < 4.78 is 0. The lowest BCUT2D eigenvalue weighted by atomic mass is 12.5. The lowest BCUT2D eigenvalue weighted by molar-refractivity contribution is -1.22. The summed E-state index contributed by atoms with van der Waals surface area (Å²) in [5, 5.41) is 14.6. The third-order valence-electron chi connectivity index (χ3n) is 0.151. The Hall–Kier alpha value is -0.240. The van der Waals surface area contributed by atoms with E-state index in [-0.39, 0.29) is 0 Å². The summed E-state index contributed by atoms with van der Waals surface area (Å²) in [6.07, 6.45) is 0. The zero-order chi connectivity index (χ0) is 5.21. The van der Waals surface area contributed by atoms with Crippen molar-refractivity contribution >= 4 is 0 Å². The third-order valence-corrected chi connectivity index (χ3v) is 0.151. The molecule has 0 saturated heterocycles. The first-order valence-corrected chi connectivity index (χ1v) is 1.06. The molecular weight excluding hydrogens is 90.0 g/mol. The first-order chi connectivity index (χ1) is 2.56. The van der Waals surface area contributed by atoms with Gasteiger partial charge in [0.1, 0.15) is 0 Å². The number of nitrogens with zero attached hydrogens (tertiary/aromatic N) is 1. The maximum atomic E-state index is 9.40. The normalized spacial score (nSPS) is 20.0. The van der Waals surface area contributed by atoms with Gasteiger partial charge in [-0.2, -0.15) is 11.1 Å². The Labute approximate surface area is 33.5 Å². The van der Waals surface area contributed by atoms with Crippen molar-refractivity contribution in [2.24, 2.45) is 11.7 Å². The highest BCUT2D eigenvalue weighted by atomic mass is 17.2. The topological polar surface area (TPSA) is 105 Å². The second-order valence-electron chi connectivity index (χ2n) is 0.670. The summed E-state index contributed by atoms with van der Waals surface area (Å²) in [4.78, 5) is 3.15. The van der Waals surface area contributed by atoms with Crippen molar-refractivity contribution in [3.8, 4) is 0 Å².